The Labute approximate surface area is 131 Å². The zero-order valence-corrected chi connectivity index (χ0v) is 13.7. The minimum atomic E-state index is 0.437. The van der Waals surface area contributed by atoms with Gasteiger partial charge in [0.05, 0.1) is 7.11 Å². The van der Waals surface area contributed by atoms with E-state index in [1.807, 2.05) is 18.2 Å². The molecule has 0 N–H and O–H groups in total. The summed E-state index contributed by atoms with van der Waals surface area (Å²) >= 11 is 6.04. The van der Waals surface area contributed by atoms with Crippen molar-refractivity contribution in [1.82, 2.24) is 0 Å². The molecule has 2 aromatic carbocycles. The number of benzene rings is 2. The molecule has 0 amide bonds. The first-order valence-electron chi connectivity index (χ1n) is 7.07. The van der Waals surface area contributed by atoms with Gasteiger partial charge in [0.15, 0.2) is 0 Å². The highest BCUT2D eigenvalue weighted by Crippen LogP contribution is 2.27. The topological polar surface area (TPSA) is 18.5 Å². The van der Waals surface area contributed by atoms with E-state index in [4.69, 9.17) is 21.1 Å². The van der Waals surface area contributed by atoms with E-state index < -0.39 is 0 Å². The molecule has 3 heteroatoms. The summed E-state index contributed by atoms with van der Waals surface area (Å²) in [5.41, 5.74) is 3.34. The summed E-state index contributed by atoms with van der Waals surface area (Å²) < 4.78 is 11.3. The number of halogens is 1. The standard InChI is InChI=1S/C18H21ClO2/c1-12(2)14-6-5-13(3)18(10-14)21-11-15-9-16(19)7-8-17(15)20-4/h5-10,12H,11H2,1-4H3. The number of ether oxygens (including phenoxy) is 2. The Morgan fingerprint density at radius 1 is 1.05 bits per heavy atom. The molecule has 0 fully saturated rings. The van der Waals surface area contributed by atoms with Crippen LogP contribution in [0.25, 0.3) is 0 Å². The monoisotopic (exact) mass is 304 g/mol. The molecular formula is C18H21ClO2. The first kappa shape index (κ1) is 15.7. The zero-order valence-electron chi connectivity index (χ0n) is 12.9. The van der Waals surface area contributed by atoms with Crippen LogP contribution in [0.1, 0.15) is 36.5 Å². The van der Waals surface area contributed by atoms with Crippen LogP contribution in [0.3, 0.4) is 0 Å². The number of aryl methyl sites for hydroxylation is 1. The van der Waals surface area contributed by atoms with Crippen LogP contribution in [0, 0.1) is 6.92 Å². The molecule has 0 aliphatic carbocycles. The SMILES string of the molecule is COc1ccc(Cl)cc1COc1cc(C(C)C)ccc1C. The van der Waals surface area contributed by atoms with Crippen molar-refractivity contribution in [3.8, 4) is 11.5 Å². The molecule has 2 rings (SSSR count). The number of hydrogen-bond donors (Lipinski definition) is 0. The second-order valence-electron chi connectivity index (χ2n) is 5.42. The second-order valence-corrected chi connectivity index (χ2v) is 5.86. The van der Waals surface area contributed by atoms with E-state index in [0.717, 1.165) is 22.6 Å². The first-order valence-corrected chi connectivity index (χ1v) is 7.45. The minimum absolute atomic E-state index is 0.437. The molecule has 0 aliphatic heterocycles. The molecule has 112 valence electrons. The van der Waals surface area contributed by atoms with Gasteiger partial charge in [-0.25, -0.2) is 0 Å². The Balaban J connectivity index is 2.20. The van der Waals surface area contributed by atoms with Gasteiger partial charge in [-0.3, -0.25) is 0 Å². The first-order chi connectivity index (χ1) is 10.0. The summed E-state index contributed by atoms with van der Waals surface area (Å²) in [7, 11) is 1.65. The van der Waals surface area contributed by atoms with Crippen molar-refractivity contribution < 1.29 is 9.47 Å². The Morgan fingerprint density at radius 2 is 1.81 bits per heavy atom. The van der Waals surface area contributed by atoms with Gasteiger partial charge < -0.3 is 9.47 Å². The van der Waals surface area contributed by atoms with Crippen molar-refractivity contribution >= 4 is 11.6 Å². The summed E-state index contributed by atoms with van der Waals surface area (Å²) in [6.07, 6.45) is 0. The van der Waals surface area contributed by atoms with Crippen molar-refractivity contribution in [2.24, 2.45) is 0 Å². The third-order valence-corrected chi connectivity index (χ3v) is 3.74. The van der Waals surface area contributed by atoms with Gasteiger partial charge in [0.2, 0.25) is 0 Å². The van der Waals surface area contributed by atoms with Crippen molar-refractivity contribution in [3.63, 3.8) is 0 Å². The zero-order chi connectivity index (χ0) is 15.4. The normalized spacial score (nSPS) is 10.8. The smallest absolute Gasteiger partial charge is 0.125 e. The predicted octanol–water partition coefficient (Wildman–Crippen LogP) is 5.36. The van der Waals surface area contributed by atoms with Gasteiger partial charge in [-0.15, -0.1) is 0 Å². The number of methoxy groups -OCH3 is 1. The minimum Gasteiger partial charge on any atom is -0.496 e. The molecule has 2 aromatic rings. The predicted molar refractivity (Wildman–Crippen MR) is 87.6 cm³/mol. The van der Waals surface area contributed by atoms with E-state index in [2.05, 4.69) is 39.0 Å². The lowest BCUT2D eigenvalue weighted by atomic mass is 10.0. The lowest BCUT2D eigenvalue weighted by Crippen LogP contribution is -2.01. The quantitative estimate of drug-likeness (QED) is 0.740. The number of hydrogen-bond acceptors (Lipinski definition) is 2. The summed E-state index contributed by atoms with van der Waals surface area (Å²) in [6.45, 7) is 6.84. The van der Waals surface area contributed by atoms with E-state index in [0.29, 0.717) is 17.5 Å². The van der Waals surface area contributed by atoms with E-state index >= 15 is 0 Å². The third-order valence-electron chi connectivity index (χ3n) is 3.50. The summed E-state index contributed by atoms with van der Waals surface area (Å²) in [6, 6.07) is 11.9. The van der Waals surface area contributed by atoms with Gasteiger partial charge in [-0.1, -0.05) is 37.6 Å². The largest absolute Gasteiger partial charge is 0.496 e. The van der Waals surface area contributed by atoms with Gasteiger partial charge in [0, 0.05) is 10.6 Å². The fourth-order valence-electron chi connectivity index (χ4n) is 2.15. The highest BCUT2D eigenvalue weighted by Gasteiger charge is 2.08. The van der Waals surface area contributed by atoms with Crippen LogP contribution < -0.4 is 9.47 Å². The molecule has 2 nitrogen and oxygen atoms in total. The van der Waals surface area contributed by atoms with Gasteiger partial charge in [-0.2, -0.15) is 0 Å². The molecule has 0 saturated carbocycles. The summed E-state index contributed by atoms with van der Waals surface area (Å²) in [4.78, 5) is 0. The Hall–Kier alpha value is -1.67. The van der Waals surface area contributed by atoms with E-state index in [9.17, 15) is 0 Å². The van der Waals surface area contributed by atoms with Crippen molar-refractivity contribution in [2.45, 2.75) is 33.3 Å². The molecule has 21 heavy (non-hydrogen) atoms. The van der Waals surface area contributed by atoms with E-state index in [-0.39, 0.29) is 0 Å². The van der Waals surface area contributed by atoms with E-state index in [1.165, 1.54) is 5.56 Å². The Morgan fingerprint density at radius 3 is 2.48 bits per heavy atom. The maximum atomic E-state index is 6.04. The molecule has 0 spiro atoms. The van der Waals surface area contributed by atoms with Crippen LogP contribution in [0.15, 0.2) is 36.4 Å². The lowest BCUT2D eigenvalue weighted by Gasteiger charge is -2.14. The van der Waals surface area contributed by atoms with Crippen LogP contribution >= 0.6 is 11.6 Å². The average molecular weight is 305 g/mol. The lowest BCUT2D eigenvalue weighted by molar-refractivity contribution is 0.294. The van der Waals surface area contributed by atoms with Crippen molar-refractivity contribution in [3.05, 3.63) is 58.1 Å². The molecule has 0 heterocycles. The molecule has 0 unspecified atom stereocenters. The van der Waals surface area contributed by atoms with Crippen LogP contribution in [0.5, 0.6) is 11.5 Å². The highest BCUT2D eigenvalue weighted by atomic mass is 35.5. The maximum absolute atomic E-state index is 6.04. The van der Waals surface area contributed by atoms with Crippen LogP contribution in [0.4, 0.5) is 0 Å². The van der Waals surface area contributed by atoms with Crippen LogP contribution in [-0.4, -0.2) is 7.11 Å². The molecule has 0 saturated heterocycles. The molecule has 0 aliphatic rings. The second kappa shape index (κ2) is 6.86. The average Bonchev–Trinajstić information content (AvgIpc) is 2.46. The van der Waals surface area contributed by atoms with Crippen molar-refractivity contribution in [1.29, 1.82) is 0 Å². The number of rotatable bonds is 5. The highest BCUT2D eigenvalue weighted by molar-refractivity contribution is 6.30. The molecular weight excluding hydrogens is 284 g/mol. The van der Waals surface area contributed by atoms with Crippen LogP contribution in [0.2, 0.25) is 5.02 Å². The maximum Gasteiger partial charge on any atom is 0.125 e. The fraction of sp³-hybridized carbons (Fsp3) is 0.333. The van der Waals surface area contributed by atoms with E-state index in [1.54, 1.807) is 7.11 Å². The molecule has 0 atom stereocenters. The summed E-state index contributed by atoms with van der Waals surface area (Å²) in [5, 5.41) is 0.682. The molecule has 0 bridgehead atoms. The van der Waals surface area contributed by atoms with Gasteiger partial charge in [0.1, 0.15) is 18.1 Å². The van der Waals surface area contributed by atoms with Gasteiger partial charge >= 0.3 is 0 Å². The molecule has 0 radical (unpaired) electrons. The summed E-state index contributed by atoms with van der Waals surface area (Å²) in [5.74, 6) is 2.17. The van der Waals surface area contributed by atoms with Crippen LogP contribution in [-0.2, 0) is 6.61 Å². The fourth-order valence-corrected chi connectivity index (χ4v) is 2.34. The van der Waals surface area contributed by atoms with Crippen molar-refractivity contribution in [2.75, 3.05) is 7.11 Å². The third kappa shape index (κ3) is 3.92. The Kier molecular flexibility index (Phi) is 5.13. The Bertz CT molecular complexity index is 621. The van der Waals surface area contributed by atoms with Gasteiger partial charge in [-0.05, 0) is 48.2 Å². The molecule has 0 aromatic heterocycles. The van der Waals surface area contributed by atoms with Gasteiger partial charge in [0.25, 0.3) is 0 Å².